The van der Waals surface area contributed by atoms with Crippen LogP contribution in [0.1, 0.15) is 41.0 Å². The van der Waals surface area contributed by atoms with Gasteiger partial charge in [0.05, 0.1) is 12.2 Å². The van der Waals surface area contributed by atoms with Crippen molar-refractivity contribution < 1.29 is 4.74 Å². The Hall–Kier alpha value is -0.120. The maximum Gasteiger partial charge on any atom is 0.0678 e. The largest absolute Gasteiger partial charge is 0.373 e. The van der Waals surface area contributed by atoms with Gasteiger partial charge in [-0.05, 0) is 40.7 Å². The van der Waals surface area contributed by atoms with Crippen molar-refractivity contribution in [3.05, 3.63) is 0 Å². The minimum Gasteiger partial charge on any atom is -0.373 e. The van der Waals surface area contributed by atoms with Crippen molar-refractivity contribution in [2.24, 2.45) is 0 Å². The summed E-state index contributed by atoms with van der Waals surface area (Å²) in [5.74, 6) is 0. The Balaban J connectivity index is 2.37. The van der Waals surface area contributed by atoms with E-state index < -0.39 is 0 Å². The molecule has 0 aromatic heterocycles. The van der Waals surface area contributed by atoms with Gasteiger partial charge in [-0.2, -0.15) is 0 Å². The zero-order chi connectivity index (χ0) is 12.1. The molecule has 0 bridgehead atoms. The molecule has 1 aliphatic rings. The lowest BCUT2D eigenvalue weighted by Crippen LogP contribution is -2.50. The molecule has 3 nitrogen and oxygen atoms in total. The Morgan fingerprint density at radius 1 is 1.25 bits per heavy atom. The van der Waals surface area contributed by atoms with E-state index in [4.69, 9.17) is 4.74 Å². The molecule has 0 spiro atoms. The molecule has 1 fully saturated rings. The standard InChI is InChI=1S/C13H28N2O/c1-6-14-10(2)7-11(3)15-8-12(4)16-13(5)9-15/h10-14H,6-9H2,1-5H3. The Morgan fingerprint density at radius 2 is 1.81 bits per heavy atom. The highest BCUT2D eigenvalue weighted by Crippen LogP contribution is 2.16. The van der Waals surface area contributed by atoms with E-state index in [1.807, 2.05) is 0 Å². The number of morpholine rings is 1. The molecule has 96 valence electrons. The number of rotatable bonds is 5. The monoisotopic (exact) mass is 228 g/mol. The quantitative estimate of drug-likeness (QED) is 0.777. The molecule has 16 heavy (non-hydrogen) atoms. The predicted octanol–water partition coefficient (Wildman–Crippen LogP) is 1.87. The van der Waals surface area contributed by atoms with Gasteiger partial charge in [0.1, 0.15) is 0 Å². The molecule has 0 aromatic rings. The lowest BCUT2D eigenvalue weighted by atomic mass is 10.1. The number of ether oxygens (including phenoxy) is 1. The molecule has 1 heterocycles. The van der Waals surface area contributed by atoms with Crippen LogP contribution in [0.3, 0.4) is 0 Å². The average Bonchev–Trinajstić information content (AvgIpc) is 2.16. The molecule has 1 aliphatic heterocycles. The van der Waals surface area contributed by atoms with Crippen molar-refractivity contribution in [2.45, 2.75) is 65.3 Å². The first kappa shape index (κ1) is 13.9. The molecule has 1 rings (SSSR count). The van der Waals surface area contributed by atoms with E-state index >= 15 is 0 Å². The molecule has 0 aliphatic carbocycles. The Bertz CT molecular complexity index is 188. The van der Waals surface area contributed by atoms with Gasteiger partial charge in [0, 0.05) is 25.2 Å². The van der Waals surface area contributed by atoms with Gasteiger partial charge in [-0.25, -0.2) is 0 Å². The normalized spacial score (nSPS) is 31.3. The van der Waals surface area contributed by atoms with Crippen LogP contribution in [0.15, 0.2) is 0 Å². The molecular formula is C13H28N2O. The summed E-state index contributed by atoms with van der Waals surface area (Å²) in [7, 11) is 0. The predicted molar refractivity (Wildman–Crippen MR) is 68.8 cm³/mol. The molecule has 1 N–H and O–H groups in total. The summed E-state index contributed by atoms with van der Waals surface area (Å²) in [5, 5.41) is 3.48. The van der Waals surface area contributed by atoms with Crippen LogP contribution in [-0.2, 0) is 4.74 Å². The average molecular weight is 228 g/mol. The van der Waals surface area contributed by atoms with E-state index in [9.17, 15) is 0 Å². The molecule has 0 saturated carbocycles. The van der Waals surface area contributed by atoms with Gasteiger partial charge >= 0.3 is 0 Å². The van der Waals surface area contributed by atoms with Gasteiger partial charge in [-0.15, -0.1) is 0 Å². The third-order valence-electron chi connectivity index (χ3n) is 3.32. The summed E-state index contributed by atoms with van der Waals surface area (Å²) in [6.07, 6.45) is 1.97. The molecule has 3 heteroatoms. The summed E-state index contributed by atoms with van der Waals surface area (Å²) in [5.41, 5.74) is 0. The topological polar surface area (TPSA) is 24.5 Å². The second-order valence-corrected chi connectivity index (χ2v) is 5.25. The molecule has 4 atom stereocenters. The maximum absolute atomic E-state index is 5.76. The fourth-order valence-electron chi connectivity index (χ4n) is 2.67. The van der Waals surface area contributed by atoms with E-state index in [0.29, 0.717) is 24.3 Å². The van der Waals surface area contributed by atoms with E-state index in [-0.39, 0.29) is 0 Å². The van der Waals surface area contributed by atoms with Crippen LogP contribution in [0.25, 0.3) is 0 Å². The lowest BCUT2D eigenvalue weighted by molar-refractivity contribution is -0.0798. The van der Waals surface area contributed by atoms with Crippen LogP contribution < -0.4 is 5.32 Å². The van der Waals surface area contributed by atoms with Gasteiger partial charge in [0.2, 0.25) is 0 Å². The zero-order valence-electron chi connectivity index (χ0n) is 11.5. The lowest BCUT2D eigenvalue weighted by Gasteiger charge is -2.39. The second kappa shape index (κ2) is 6.58. The first-order valence-corrected chi connectivity index (χ1v) is 6.65. The summed E-state index contributed by atoms with van der Waals surface area (Å²) < 4.78 is 5.76. The molecule has 0 aromatic carbocycles. The van der Waals surface area contributed by atoms with Crippen molar-refractivity contribution in [1.29, 1.82) is 0 Å². The summed E-state index contributed by atoms with van der Waals surface area (Å²) in [6, 6.07) is 1.25. The molecule has 0 radical (unpaired) electrons. The van der Waals surface area contributed by atoms with E-state index in [1.165, 1.54) is 6.42 Å². The minimum absolute atomic E-state index is 0.376. The smallest absolute Gasteiger partial charge is 0.0678 e. The minimum atomic E-state index is 0.376. The Labute approximate surface area is 101 Å². The molecule has 4 unspecified atom stereocenters. The first-order valence-electron chi connectivity index (χ1n) is 6.65. The van der Waals surface area contributed by atoms with Gasteiger partial charge in [0.15, 0.2) is 0 Å². The van der Waals surface area contributed by atoms with Crippen LogP contribution in [0.4, 0.5) is 0 Å². The van der Waals surface area contributed by atoms with Crippen molar-refractivity contribution in [1.82, 2.24) is 10.2 Å². The Morgan fingerprint density at radius 3 is 2.31 bits per heavy atom. The fraction of sp³-hybridized carbons (Fsp3) is 1.00. The second-order valence-electron chi connectivity index (χ2n) is 5.25. The summed E-state index contributed by atoms with van der Waals surface area (Å²) in [4.78, 5) is 2.56. The highest BCUT2D eigenvalue weighted by molar-refractivity contribution is 4.79. The van der Waals surface area contributed by atoms with Gasteiger partial charge < -0.3 is 10.1 Å². The van der Waals surface area contributed by atoms with Gasteiger partial charge in [0.25, 0.3) is 0 Å². The number of hydrogen-bond acceptors (Lipinski definition) is 3. The maximum atomic E-state index is 5.76. The van der Waals surface area contributed by atoms with Crippen LogP contribution in [-0.4, -0.2) is 48.8 Å². The van der Waals surface area contributed by atoms with Crippen LogP contribution in [0.2, 0.25) is 0 Å². The first-order chi connectivity index (χ1) is 7.52. The van der Waals surface area contributed by atoms with Crippen LogP contribution >= 0.6 is 0 Å². The summed E-state index contributed by atoms with van der Waals surface area (Å²) >= 11 is 0. The van der Waals surface area contributed by atoms with E-state index in [0.717, 1.165) is 19.6 Å². The van der Waals surface area contributed by atoms with Gasteiger partial charge in [-0.3, -0.25) is 4.90 Å². The number of hydrogen-bond donors (Lipinski definition) is 1. The fourth-order valence-corrected chi connectivity index (χ4v) is 2.67. The van der Waals surface area contributed by atoms with E-state index in [2.05, 4.69) is 44.8 Å². The number of nitrogens with zero attached hydrogens (tertiary/aromatic N) is 1. The van der Waals surface area contributed by atoms with E-state index in [1.54, 1.807) is 0 Å². The van der Waals surface area contributed by atoms with Crippen molar-refractivity contribution in [3.8, 4) is 0 Å². The third kappa shape index (κ3) is 4.40. The summed E-state index contributed by atoms with van der Waals surface area (Å²) in [6.45, 7) is 14.3. The SMILES string of the molecule is CCNC(C)CC(C)N1CC(C)OC(C)C1. The zero-order valence-corrected chi connectivity index (χ0v) is 11.5. The Kier molecular flexibility index (Phi) is 5.73. The van der Waals surface area contributed by atoms with Crippen LogP contribution in [0.5, 0.6) is 0 Å². The van der Waals surface area contributed by atoms with Gasteiger partial charge in [-0.1, -0.05) is 6.92 Å². The van der Waals surface area contributed by atoms with Crippen LogP contribution in [0, 0.1) is 0 Å². The highest BCUT2D eigenvalue weighted by Gasteiger charge is 2.26. The number of nitrogens with one attached hydrogen (secondary N) is 1. The van der Waals surface area contributed by atoms with Crippen molar-refractivity contribution in [2.75, 3.05) is 19.6 Å². The molecular weight excluding hydrogens is 200 g/mol. The third-order valence-corrected chi connectivity index (χ3v) is 3.32. The van der Waals surface area contributed by atoms with Crippen molar-refractivity contribution >= 4 is 0 Å². The molecule has 0 amide bonds. The highest BCUT2D eigenvalue weighted by atomic mass is 16.5. The molecule has 1 saturated heterocycles. The van der Waals surface area contributed by atoms with Crippen molar-refractivity contribution in [3.63, 3.8) is 0 Å².